The molecule has 2 N–H and O–H groups in total. The average Bonchev–Trinajstić information content (AvgIpc) is 3.79. The van der Waals surface area contributed by atoms with Crippen LogP contribution < -0.4 is 0 Å². The zero-order valence-corrected chi connectivity index (χ0v) is 29.9. The van der Waals surface area contributed by atoms with Crippen LogP contribution in [-0.4, -0.2) is 53.5 Å². The predicted octanol–water partition coefficient (Wildman–Crippen LogP) is 7.84. The van der Waals surface area contributed by atoms with Gasteiger partial charge in [0.2, 0.25) is 0 Å². The van der Waals surface area contributed by atoms with E-state index in [9.17, 15) is 23.4 Å². The molecule has 2 heterocycles. The molecule has 9 heteroatoms. The highest BCUT2D eigenvalue weighted by Gasteiger charge is 2.74. The van der Waals surface area contributed by atoms with Crippen LogP contribution in [0.5, 0.6) is 0 Å². The summed E-state index contributed by atoms with van der Waals surface area (Å²) >= 11 is 2.76. The van der Waals surface area contributed by atoms with Gasteiger partial charge in [-0.25, -0.2) is 8.42 Å². The second-order valence-corrected chi connectivity index (χ2v) is 19.8. The lowest BCUT2D eigenvalue weighted by Gasteiger charge is -2.71. The monoisotopic (exact) mass is 691 g/mol. The molecule has 3 aromatic rings. The van der Waals surface area contributed by atoms with Crippen molar-refractivity contribution >= 4 is 48.6 Å². The summed E-state index contributed by atoms with van der Waals surface area (Å²) in [6.07, 6.45) is 12.2. The number of rotatable bonds is 8. The Bertz CT molecular complexity index is 1880. The van der Waals surface area contributed by atoms with Gasteiger partial charge in [-0.3, -0.25) is 4.79 Å². The first-order valence-electron chi connectivity index (χ1n) is 17.2. The maximum Gasteiger partial charge on any atom is 0.252 e. The zero-order valence-electron chi connectivity index (χ0n) is 27.4. The zero-order chi connectivity index (χ0) is 33.0. The SMILES string of the molecule is CCCN(C[C@]1(O)CC[C@H]2[C@]34C=C[C@@]5(C=C3C(=O)c3cc6ccccc6s3)CC(O)CC[C@]5(C)[C@H]4CC[C@@]21C)S(=O)(=O)c1cccs1. The van der Waals surface area contributed by atoms with Crippen LogP contribution in [0.25, 0.3) is 10.1 Å². The third kappa shape index (κ3) is 4.23. The van der Waals surface area contributed by atoms with Crippen molar-refractivity contribution < 1.29 is 23.4 Å². The van der Waals surface area contributed by atoms with E-state index in [1.807, 2.05) is 25.1 Å². The fourth-order valence-electron chi connectivity index (χ4n) is 11.2. The third-order valence-electron chi connectivity index (χ3n) is 13.6. The van der Waals surface area contributed by atoms with E-state index in [1.54, 1.807) is 28.8 Å². The van der Waals surface area contributed by atoms with E-state index in [-0.39, 0.29) is 29.6 Å². The number of Topliss-reactive ketones (excluding diaryl/α,β-unsaturated/α-hetero) is 1. The smallest absolute Gasteiger partial charge is 0.252 e. The standard InChI is InChI=1S/C38H45NO5S3/c1-4-19-39(47(43,44)32-10-7-20-45-32)24-37(42)16-13-31-35(37,3)15-12-30-34(2)14-11-26(40)22-36(34)17-18-38(30,31)27(23-36)33(41)29-21-25-8-5-6-9-28(25)46-29/h5-10,17-18,20-21,23,26,30-31,40,42H,4,11-16,19,22,24H2,1-3H3/t26?,30-,31-,34-,35+,36+,37-,38-/m1/s1. The minimum absolute atomic E-state index is 0.0329. The summed E-state index contributed by atoms with van der Waals surface area (Å²) < 4.78 is 30.7. The second-order valence-electron chi connectivity index (χ2n) is 15.6. The lowest BCUT2D eigenvalue weighted by molar-refractivity contribution is -0.173. The Kier molecular flexibility index (Phi) is 7.29. The largest absolute Gasteiger partial charge is 0.393 e. The van der Waals surface area contributed by atoms with Crippen molar-refractivity contribution in [2.75, 3.05) is 13.1 Å². The van der Waals surface area contributed by atoms with Gasteiger partial charge in [-0.1, -0.05) is 63.3 Å². The van der Waals surface area contributed by atoms with Gasteiger partial charge in [0.1, 0.15) is 4.21 Å². The molecule has 1 aromatic carbocycles. The van der Waals surface area contributed by atoms with Crippen molar-refractivity contribution in [1.29, 1.82) is 0 Å². The van der Waals surface area contributed by atoms with Gasteiger partial charge in [-0.15, -0.1) is 22.7 Å². The summed E-state index contributed by atoms with van der Waals surface area (Å²) in [4.78, 5) is 15.7. The first-order chi connectivity index (χ1) is 22.3. The van der Waals surface area contributed by atoms with Crippen molar-refractivity contribution in [3.05, 3.63) is 76.5 Å². The van der Waals surface area contributed by atoms with Crippen LogP contribution >= 0.6 is 22.7 Å². The van der Waals surface area contributed by atoms with Gasteiger partial charge in [0, 0.05) is 39.6 Å². The summed E-state index contributed by atoms with van der Waals surface area (Å²) in [5, 5.41) is 26.7. The molecule has 2 spiro atoms. The number of carbonyl (C=O) groups is 1. The minimum atomic E-state index is -3.76. The van der Waals surface area contributed by atoms with E-state index in [4.69, 9.17) is 0 Å². The number of sulfonamides is 1. The van der Waals surface area contributed by atoms with Crippen molar-refractivity contribution in [2.24, 2.45) is 33.5 Å². The molecule has 6 aliphatic carbocycles. The van der Waals surface area contributed by atoms with E-state index in [1.165, 1.54) is 15.6 Å². The molecule has 47 heavy (non-hydrogen) atoms. The highest BCUT2D eigenvalue weighted by Crippen LogP contribution is 2.78. The van der Waals surface area contributed by atoms with Crippen LogP contribution in [0.1, 0.15) is 81.8 Å². The number of nitrogens with zero attached hydrogens (tertiary/aromatic N) is 1. The van der Waals surface area contributed by atoms with Crippen LogP contribution in [0.3, 0.4) is 0 Å². The quantitative estimate of drug-likeness (QED) is 0.186. The average molecular weight is 692 g/mol. The summed E-state index contributed by atoms with van der Waals surface area (Å²) in [6, 6.07) is 13.6. The Morgan fingerprint density at radius 1 is 1.00 bits per heavy atom. The number of allylic oxidation sites excluding steroid dienone is 4. The van der Waals surface area contributed by atoms with Crippen molar-refractivity contribution in [1.82, 2.24) is 4.31 Å². The second kappa shape index (κ2) is 10.7. The number of carbonyl (C=O) groups excluding carboxylic acids is 1. The normalized spacial score (nSPS) is 39.1. The molecular weight excluding hydrogens is 647 g/mol. The molecule has 0 amide bonds. The molecule has 2 aromatic heterocycles. The molecule has 0 aliphatic heterocycles. The summed E-state index contributed by atoms with van der Waals surface area (Å²) in [5.74, 6) is 0.219. The lowest BCUT2D eigenvalue weighted by atomic mass is 9.32. The number of thiophene rings is 2. The van der Waals surface area contributed by atoms with Crippen LogP contribution in [0.15, 0.2) is 75.9 Å². The number of hydrogen-bond acceptors (Lipinski definition) is 7. The minimum Gasteiger partial charge on any atom is -0.393 e. The summed E-state index contributed by atoms with van der Waals surface area (Å²) in [6.45, 7) is 6.93. The Morgan fingerprint density at radius 3 is 2.49 bits per heavy atom. The molecule has 3 saturated carbocycles. The summed E-state index contributed by atoms with van der Waals surface area (Å²) in [7, 11) is -3.76. The topological polar surface area (TPSA) is 94.9 Å². The van der Waals surface area contributed by atoms with Gasteiger partial charge in [-0.05, 0) is 97.6 Å². The molecule has 2 bridgehead atoms. The molecule has 9 rings (SSSR count). The van der Waals surface area contributed by atoms with E-state index in [0.29, 0.717) is 30.0 Å². The van der Waals surface area contributed by atoms with Gasteiger partial charge in [0.25, 0.3) is 10.0 Å². The van der Waals surface area contributed by atoms with Gasteiger partial charge in [0.15, 0.2) is 5.78 Å². The highest BCUT2D eigenvalue weighted by atomic mass is 32.2. The molecule has 250 valence electrons. The number of aliphatic hydroxyl groups is 2. The number of aliphatic hydroxyl groups excluding tert-OH is 1. The number of benzene rings is 1. The van der Waals surface area contributed by atoms with Gasteiger partial charge in [-0.2, -0.15) is 4.31 Å². The van der Waals surface area contributed by atoms with E-state index in [0.717, 1.165) is 52.6 Å². The maximum absolute atomic E-state index is 14.9. The van der Waals surface area contributed by atoms with Crippen molar-refractivity contribution in [3.8, 4) is 0 Å². The van der Waals surface area contributed by atoms with Crippen LogP contribution in [0, 0.1) is 33.5 Å². The molecular formula is C38H45NO5S3. The Morgan fingerprint density at radius 2 is 1.74 bits per heavy atom. The number of fused-ring (bicyclic) bond motifs is 2. The first kappa shape index (κ1) is 32.1. The molecule has 1 unspecified atom stereocenters. The molecule has 0 saturated heterocycles. The maximum atomic E-state index is 14.9. The lowest BCUT2D eigenvalue weighted by Crippen LogP contribution is -2.67. The fourth-order valence-corrected chi connectivity index (χ4v) is 14.9. The van der Waals surface area contributed by atoms with Crippen LogP contribution in [0.4, 0.5) is 0 Å². The molecule has 3 fully saturated rings. The van der Waals surface area contributed by atoms with Gasteiger partial charge in [0.05, 0.1) is 16.6 Å². The summed E-state index contributed by atoms with van der Waals surface area (Å²) in [5.41, 5.74) is -2.11. The number of hydrogen-bond donors (Lipinski definition) is 2. The van der Waals surface area contributed by atoms with Gasteiger partial charge < -0.3 is 10.2 Å². The Balaban J connectivity index is 1.25. The third-order valence-corrected chi connectivity index (χ3v) is 17.9. The molecule has 8 atom stereocenters. The van der Waals surface area contributed by atoms with E-state index in [2.05, 4.69) is 44.2 Å². The number of ketones is 1. The van der Waals surface area contributed by atoms with E-state index < -0.39 is 38.0 Å². The first-order valence-corrected chi connectivity index (χ1v) is 20.4. The molecule has 6 nitrogen and oxygen atoms in total. The molecule has 6 aliphatic rings. The van der Waals surface area contributed by atoms with Crippen LogP contribution in [0.2, 0.25) is 0 Å². The predicted molar refractivity (Wildman–Crippen MR) is 188 cm³/mol. The van der Waals surface area contributed by atoms with Gasteiger partial charge >= 0.3 is 0 Å². The van der Waals surface area contributed by atoms with Crippen LogP contribution in [-0.2, 0) is 10.0 Å². The van der Waals surface area contributed by atoms with Crippen molar-refractivity contribution in [3.63, 3.8) is 0 Å². The Hall–Kier alpha value is -2.14. The Labute approximate surface area is 286 Å². The van der Waals surface area contributed by atoms with Crippen molar-refractivity contribution in [2.45, 2.75) is 88.1 Å². The highest BCUT2D eigenvalue weighted by molar-refractivity contribution is 7.91. The molecule has 0 radical (unpaired) electrons. The van der Waals surface area contributed by atoms with E-state index >= 15 is 0 Å². The fraction of sp³-hybridized carbons (Fsp3) is 0.553.